The third-order valence-corrected chi connectivity index (χ3v) is 12.2. The molecule has 0 unspecified atom stereocenters. The molecule has 0 fully saturated rings. The average molecular weight is 829 g/mol. The van der Waals surface area contributed by atoms with E-state index in [2.05, 4.69) is 224 Å². The molecule has 0 bridgehead atoms. The summed E-state index contributed by atoms with van der Waals surface area (Å²) in [6.07, 6.45) is 0. The quantitative estimate of drug-likeness (QED) is 0.0880. The molecule has 0 amide bonds. The molecular weight excluding hydrogens is 790 g/mol. The highest BCUT2D eigenvalue weighted by molar-refractivity contribution is 14.1. The predicted molar refractivity (Wildman–Crippen MR) is 205 cm³/mol. The molecule has 0 spiro atoms. The molecule has 0 N–H and O–H groups in total. The Bertz CT molecular complexity index is 1730. The van der Waals surface area contributed by atoms with E-state index in [-0.39, 0.29) is 24.2 Å². The molecule has 7 rings (SSSR count). The van der Waals surface area contributed by atoms with Crippen molar-refractivity contribution in [3.05, 3.63) is 179 Å². The second-order valence-corrected chi connectivity index (χ2v) is 14.2. The highest BCUT2D eigenvalue weighted by atomic mass is 127. The fourth-order valence-corrected chi connectivity index (χ4v) is 8.85. The van der Waals surface area contributed by atoms with Gasteiger partial charge in [0.15, 0.2) is 24.2 Å². The van der Waals surface area contributed by atoms with Crippen LogP contribution in [0, 0.1) is 0 Å². The van der Waals surface area contributed by atoms with Gasteiger partial charge in [-0.2, -0.15) is 0 Å². The number of hydrogen-bond acceptors (Lipinski definition) is 2. The first kappa shape index (κ1) is 31.1. The summed E-state index contributed by atoms with van der Waals surface area (Å²) in [5.41, 5.74) is 8.02. The first-order chi connectivity index (χ1) is 22.5. The molecule has 4 nitrogen and oxygen atoms in total. The smallest absolute Gasteiger partial charge is 0.248 e. The molecule has 5 aromatic rings. The fraction of sp³-hybridized carbons (Fsp3) is 0.200. The van der Waals surface area contributed by atoms with Crippen LogP contribution < -0.4 is 0 Å². The Morgan fingerprint density at radius 3 is 1.13 bits per heavy atom. The number of likely N-dealkylation sites (N-methyl/N-ethyl adjacent to an activating group) is 2. The summed E-state index contributed by atoms with van der Waals surface area (Å²) in [5.74, 6) is 0. The second-order valence-electron chi connectivity index (χ2n) is 12.3. The minimum atomic E-state index is 0.208. The highest BCUT2D eigenvalue weighted by Crippen LogP contribution is 2.45. The first-order valence-corrected chi connectivity index (χ1v) is 18.0. The van der Waals surface area contributed by atoms with Gasteiger partial charge in [-0.05, 0) is 17.2 Å². The first-order valence-electron chi connectivity index (χ1n) is 15.8. The standard InChI is InChI=1S/C40H38I2N4/c1-43-35(31-18-7-3-8-19-31)37(33-22-11-5-12-23-33)45(39(43)41)27-29-16-15-17-30(26-29)28-46-38(34-24-13-6-14-25-34)36(44(2)40(46)42)32-20-9-4-10-21-32/h3-26,35-38H,27-28H2,1-2H3/q+2/t35-,36-,37-,38-/m0/s1. The lowest BCUT2D eigenvalue weighted by atomic mass is 9.92. The van der Waals surface area contributed by atoms with Gasteiger partial charge in [0.2, 0.25) is 0 Å². The molecule has 0 saturated carbocycles. The molecule has 4 atom stereocenters. The van der Waals surface area contributed by atoms with Crippen LogP contribution >= 0.6 is 45.2 Å². The topological polar surface area (TPSA) is 12.5 Å². The van der Waals surface area contributed by atoms with Gasteiger partial charge in [-0.1, -0.05) is 140 Å². The van der Waals surface area contributed by atoms with Crippen LogP contribution in [0.5, 0.6) is 0 Å². The van der Waals surface area contributed by atoms with E-state index in [1.54, 1.807) is 0 Å². The van der Waals surface area contributed by atoms with Crippen molar-refractivity contribution in [3.8, 4) is 0 Å². The zero-order valence-corrected chi connectivity index (χ0v) is 30.4. The number of halogens is 2. The Labute approximate surface area is 300 Å². The van der Waals surface area contributed by atoms with Crippen LogP contribution in [0.2, 0.25) is 0 Å². The minimum Gasteiger partial charge on any atom is -0.248 e. The van der Waals surface area contributed by atoms with Crippen LogP contribution in [0.1, 0.15) is 57.5 Å². The van der Waals surface area contributed by atoms with Gasteiger partial charge in [0.1, 0.15) is 13.1 Å². The van der Waals surface area contributed by atoms with Gasteiger partial charge in [-0.3, -0.25) is 0 Å². The molecule has 0 radical (unpaired) electrons. The van der Waals surface area contributed by atoms with E-state index in [0.717, 1.165) is 13.1 Å². The fourth-order valence-electron chi connectivity index (χ4n) is 7.31. The van der Waals surface area contributed by atoms with Crippen molar-refractivity contribution >= 4 is 52.9 Å². The van der Waals surface area contributed by atoms with Gasteiger partial charge in [0.25, 0.3) is 0 Å². The van der Waals surface area contributed by atoms with E-state index < -0.39 is 0 Å². The summed E-state index contributed by atoms with van der Waals surface area (Å²) in [7, 11) is 4.47. The number of rotatable bonds is 8. The maximum absolute atomic E-state index is 2.59. The second kappa shape index (κ2) is 13.7. The van der Waals surface area contributed by atoms with Crippen LogP contribution in [0.4, 0.5) is 0 Å². The lowest BCUT2D eigenvalue weighted by Crippen LogP contribution is -2.29. The number of amidine groups is 2. The molecule has 5 aromatic carbocycles. The lowest BCUT2D eigenvalue weighted by Gasteiger charge is -2.25. The Morgan fingerprint density at radius 1 is 0.457 bits per heavy atom. The molecule has 6 heteroatoms. The van der Waals surface area contributed by atoms with E-state index in [1.165, 1.54) is 41.1 Å². The molecule has 2 heterocycles. The number of benzene rings is 5. The van der Waals surface area contributed by atoms with Gasteiger partial charge in [0, 0.05) is 22.3 Å². The normalized spacial score (nSPS) is 21.4. The molecule has 46 heavy (non-hydrogen) atoms. The van der Waals surface area contributed by atoms with E-state index in [9.17, 15) is 0 Å². The third-order valence-electron chi connectivity index (χ3n) is 9.42. The largest absolute Gasteiger partial charge is 0.309 e. The summed E-state index contributed by atoms with van der Waals surface area (Å²) in [6, 6.07) is 54.0. The lowest BCUT2D eigenvalue weighted by molar-refractivity contribution is -0.535. The van der Waals surface area contributed by atoms with Gasteiger partial charge >= 0.3 is 7.68 Å². The van der Waals surface area contributed by atoms with Crippen molar-refractivity contribution < 1.29 is 9.15 Å². The molecule has 0 saturated heterocycles. The molecule has 2 aliphatic heterocycles. The van der Waals surface area contributed by atoms with Crippen LogP contribution in [0.15, 0.2) is 146 Å². The molecule has 0 aromatic heterocycles. The van der Waals surface area contributed by atoms with Crippen molar-refractivity contribution in [2.24, 2.45) is 0 Å². The Hall–Kier alpha value is -3.50. The molecular formula is C40H38I2N4+2. The van der Waals surface area contributed by atoms with E-state index in [1.807, 2.05) is 0 Å². The Kier molecular flexibility index (Phi) is 9.26. The molecule has 0 aliphatic carbocycles. The maximum Gasteiger partial charge on any atom is 0.309 e. The van der Waals surface area contributed by atoms with Crippen LogP contribution in [-0.2, 0) is 13.1 Å². The van der Waals surface area contributed by atoms with Crippen LogP contribution in [0.3, 0.4) is 0 Å². The Balaban J connectivity index is 1.21. The summed E-state index contributed by atoms with van der Waals surface area (Å²) in [5, 5.41) is 0. The van der Waals surface area contributed by atoms with Crippen molar-refractivity contribution in [1.82, 2.24) is 9.80 Å². The highest BCUT2D eigenvalue weighted by Gasteiger charge is 2.48. The van der Waals surface area contributed by atoms with Gasteiger partial charge in [-0.15, -0.1) is 0 Å². The van der Waals surface area contributed by atoms with Crippen LogP contribution in [0.25, 0.3) is 0 Å². The number of hydrogen-bond donors (Lipinski definition) is 0. The maximum atomic E-state index is 2.59. The summed E-state index contributed by atoms with van der Waals surface area (Å²) in [6.45, 7) is 1.68. The van der Waals surface area contributed by atoms with E-state index in [4.69, 9.17) is 0 Å². The monoisotopic (exact) mass is 828 g/mol. The summed E-state index contributed by atoms with van der Waals surface area (Å²) in [4.78, 5) is 5.18. The SMILES string of the molecule is C[N+]1=C(I)N(Cc2cccc(CN3C(I)=[N+](C)[C@@H](c4ccccc4)[C@@H]3c3ccccc3)c2)[C@@H](c2ccccc2)[C@@H]1c1ccccc1. The zero-order chi connectivity index (χ0) is 31.6. The molecule has 2 aliphatic rings. The number of nitrogens with zero attached hydrogens (tertiary/aromatic N) is 4. The average Bonchev–Trinajstić information content (AvgIpc) is 3.50. The van der Waals surface area contributed by atoms with Crippen molar-refractivity contribution in [3.63, 3.8) is 0 Å². The third kappa shape index (κ3) is 6.01. The van der Waals surface area contributed by atoms with Gasteiger partial charge < -0.3 is 0 Å². The molecule has 230 valence electrons. The van der Waals surface area contributed by atoms with Crippen molar-refractivity contribution in [2.75, 3.05) is 14.1 Å². The Morgan fingerprint density at radius 2 is 0.783 bits per heavy atom. The van der Waals surface area contributed by atoms with E-state index >= 15 is 0 Å². The minimum absolute atomic E-state index is 0.208. The van der Waals surface area contributed by atoms with Gasteiger partial charge in [-0.25, -0.2) is 19.0 Å². The van der Waals surface area contributed by atoms with Gasteiger partial charge in [0.05, 0.1) is 59.3 Å². The predicted octanol–water partition coefficient (Wildman–Crippen LogP) is 9.15. The van der Waals surface area contributed by atoms with Crippen molar-refractivity contribution in [2.45, 2.75) is 37.3 Å². The zero-order valence-electron chi connectivity index (χ0n) is 26.1. The van der Waals surface area contributed by atoms with Crippen LogP contribution in [-0.4, -0.2) is 40.7 Å². The summed E-state index contributed by atoms with van der Waals surface area (Å²) >= 11 is 5.10. The van der Waals surface area contributed by atoms with Crippen molar-refractivity contribution in [1.29, 1.82) is 0 Å². The summed E-state index contributed by atoms with van der Waals surface area (Å²) < 4.78 is 7.43. The van der Waals surface area contributed by atoms with E-state index in [0.29, 0.717) is 0 Å².